The number of thioether (sulfide) groups is 1. The van der Waals surface area contributed by atoms with Gasteiger partial charge in [0, 0.05) is 0 Å². The van der Waals surface area contributed by atoms with Crippen LogP contribution < -0.4 is 14.8 Å². The number of hydrogen-bond donors (Lipinski definition) is 1. The van der Waals surface area contributed by atoms with Crippen molar-refractivity contribution in [1.29, 1.82) is 0 Å². The van der Waals surface area contributed by atoms with Crippen LogP contribution in [0.5, 0.6) is 11.5 Å². The van der Waals surface area contributed by atoms with E-state index in [-0.39, 0.29) is 10.6 Å². The van der Waals surface area contributed by atoms with Gasteiger partial charge < -0.3 is 14.8 Å². The first-order valence-electron chi connectivity index (χ1n) is 10.6. The molecule has 0 saturated carbocycles. The number of nitrogens with zero attached hydrogens (tertiary/aromatic N) is 1. The van der Waals surface area contributed by atoms with Crippen molar-refractivity contribution in [3.05, 3.63) is 94.6 Å². The first-order valence-corrected chi connectivity index (χ1v) is 11.4. The monoisotopic (exact) mass is 492 g/mol. The van der Waals surface area contributed by atoms with Crippen molar-refractivity contribution < 1.29 is 28.2 Å². The van der Waals surface area contributed by atoms with E-state index >= 15 is 0 Å². The lowest BCUT2D eigenvalue weighted by Crippen LogP contribution is -2.36. The molecule has 3 aromatic rings. The predicted molar refractivity (Wildman–Crippen MR) is 131 cm³/mol. The van der Waals surface area contributed by atoms with Crippen LogP contribution in [0.4, 0.5) is 14.9 Å². The van der Waals surface area contributed by atoms with Crippen molar-refractivity contribution in [3.63, 3.8) is 0 Å². The van der Waals surface area contributed by atoms with Crippen LogP contribution in [0.2, 0.25) is 0 Å². The standard InChI is InChI=1S/C26H21FN2O5S/c1-33-22-13-18(11-12-21(22)34-16-17-7-3-2-4-8-17)14-23-25(31)29(26(32)35-23)15-24(30)28-20-10-6-5-9-19(20)27/h2-14H,15-16H2,1H3,(H,28,30)/b23-14-. The van der Waals surface area contributed by atoms with Crippen LogP contribution in [0.25, 0.3) is 6.08 Å². The van der Waals surface area contributed by atoms with E-state index in [4.69, 9.17) is 9.47 Å². The van der Waals surface area contributed by atoms with Crippen molar-refractivity contribution in [3.8, 4) is 11.5 Å². The number of para-hydroxylation sites is 1. The van der Waals surface area contributed by atoms with Crippen LogP contribution in [0.1, 0.15) is 11.1 Å². The third kappa shape index (κ3) is 5.88. The average molecular weight is 493 g/mol. The van der Waals surface area contributed by atoms with Gasteiger partial charge in [0.05, 0.1) is 17.7 Å². The second-order valence-corrected chi connectivity index (χ2v) is 8.47. The van der Waals surface area contributed by atoms with Gasteiger partial charge in [-0.1, -0.05) is 48.5 Å². The molecule has 4 rings (SSSR count). The quantitative estimate of drug-likeness (QED) is 0.441. The summed E-state index contributed by atoms with van der Waals surface area (Å²) >= 11 is 0.726. The van der Waals surface area contributed by atoms with Gasteiger partial charge in [-0.15, -0.1) is 0 Å². The molecule has 1 N–H and O–H groups in total. The summed E-state index contributed by atoms with van der Waals surface area (Å²) in [6, 6.07) is 20.5. The molecule has 1 aliphatic heterocycles. The molecule has 1 saturated heterocycles. The fourth-order valence-corrected chi connectivity index (χ4v) is 4.15. The van der Waals surface area contributed by atoms with E-state index in [0.29, 0.717) is 23.7 Å². The maximum atomic E-state index is 13.8. The molecule has 1 fully saturated rings. The lowest BCUT2D eigenvalue weighted by Gasteiger charge is -2.13. The van der Waals surface area contributed by atoms with Gasteiger partial charge >= 0.3 is 0 Å². The molecule has 0 unspecified atom stereocenters. The third-order valence-corrected chi connectivity index (χ3v) is 5.95. The number of ether oxygens (including phenoxy) is 2. The van der Waals surface area contributed by atoms with E-state index < -0.39 is 29.4 Å². The van der Waals surface area contributed by atoms with Crippen LogP contribution in [-0.4, -0.2) is 35.6 Å². The summed E-state index contributed by atoms with van der Waals surface area (Å²) in [7, 11) is 1.51. The predicted octanol–water partition coefficient (Wildman–Crippen LogP) is 5.09. The maximum Gasteiger partial charge on any atom is 0.294 e. The second kappa shape index (κ2) is 10.9. The molecular weight excluding hydrogens is 471 g/mol. The van der Waals surface area contributed by atoms with Gasteiger partial charge in [0.15, 0.2) is 11.5 Å². The number of imide groups is 1. The molecular formula is C26H21FN2O5S. The zero-order chi connectivity index (χ0) is 24.8. The molecule has 1 heterocycles. The van der Waals surface area contributed by atoms with Crippen LogP contribution in [0.3, 0.4) is 0 Å². The third-order valence-electron chi connectivity index (χ3n) is 5.05. The number of carbonyl (C=O) groups excluding carboxylic acids is 3. The highest BCUT2D eigenvalue weighted by Gasteiger charge is 2.36. The molecule has 1 aliphatic rings. The Morgan fingerprint density at radius 2 is 1.77 bits per heavy atom. The van der Waals surface area contributed by atoms with Gasteiger partial charge in [0.1, 0.15) is 19.0 Å². The first-order chi connectivity index (χ1) is 16.9. The summed E-state index contributed by atoms with van der Waals surface area (Å²) in [5.41, 5.74) is 1.60. The van der Waals surface area contributed by atoms with E-state index in [2.05, 4.69) is 5.32 Å². The van der Waals surface area contributed by atoms with E-state index in [1.54, 1.807) is 30.3 Å². The van der Waals surface area contributed by atoms with Crippen LogP contribution in [-0.2, 0) is 16.2 Å². The topological polar surface area (TPSA) is 84.9 Å². The van der Waals surface area contributed by atoms with E-state index in [1.807, 2.05) is 30.3 Å². The van der Waals surface area contributed by atoms with Crippen molar-refractivity contribution in [2.45, 2.75) is 6.61 Å². The maximum absolute atomic E-state index is 13.8. The summed E-state index contributed by atoms with van der Waals surface area (Å²) in [5.74, 6) is -0.892. The molecule has 35 heavy (non-hydrogen) atoms. The Labute approximate surface area is 205 Å². The number of rotatable bonds is 8. The number of methoxy groups -OCH3 is 1. The Hall–Kier alpha value is -4.11. The van der Waals surface area contributed by atoms with Gasteiger partial charge in [0.2, 0.25) is 5.91 Å². The molecule has 3 amide bonds. The van der Waals surface area contributed by atoms with Gasteiger partial charge in [-0.3, -0.25) is 19.3 Å². The fraction of sp³-hybridized carbons (Fsp3) is 0.115. The number of hydrogen-bond acceptors (Lipinski definition) is 6. The Morgan fingerprint density at radius 1 is 1.03 bits per heavy atom. The first kappa shape index (κ1) is 24.0. The SMILES string of the molecule is COc1cc(/C=C2\SC(=O)N(CC(=O)Nc3ccccc3F)C2=O)ccc1OCc1ccccc1. The Balaban J connectivity index is 1.43. The minimum atomic E-state index is -0.680. The largest absolute Gasteiger partial charge is 0.493 e. The summed E-state index contributed by atoms with van der Waals surface area (Å²) in [6.07, 6.45) is 1.54. The minimum absolute atomic E-state index is 0.0262. The lowest BCUT2D eigenvalue weighted by molar-refractivity contribution is -0.127. The number of benzene rings is 3. The molecule has 0 radical (unpaired) electrons. The Bertz CT molecular complexity index is 1300. The molecule has 0 spiro atoms. The Morgan fingerprint density at radius 3 is 2.51 bits per heavy atom. The van der Waals surface area contributed by atoms with Gasteiger partial charge in [0.25, 0.3) is 11.1 Å². The highest BCUT2D eigenvalue weighted by atomic mass is 32.2. The van der Waals surface area contributed by atoms with Crippen molar-refractivity contribution >= 4 is 40.6 Å². The highest BCUT2D eigenvalue weighted by molar-refractivity contribution is 8.18. The van der Waals surface area contributed by atoms with Crippen LogP contribution in [0.15, 0.2) is 77.7 Å². The zero-order valence-corrected chi connectivity index (χ0v) is 19.5. The number of halogens is 1. The number of anilines is 1. The smallest absolute Gasteiger partial charge is 0.294 e. The Kier molecular flexibility index (Phi) is 7.47. The molecule has 7 nitrogen and oxygen atoms in total. The van der Waals surface area contributed by atoms with Crippen molar-refractivity contribution in [1.82, 2.24) is 4.90 Å². The number of nitrogens with one attached hydrogen (secondary N) is 1. The lowest BCUT2D eigenvalue weighted by atomic mass is 10.1. The summed E-state index contributed by atoms with van der Waals surface area (Å²) in [5, 5.41) is 1.78. The second-order valence-electron chi connectivity index (χ2n) is 7.48. The molecule has 3 aromatic carbocycles. The minimum Gasteiger partial charge on any atom is -0.493 e. The van der Waals surface area contributed by atoms with E-state index in [1.165, 1.54) is 25.3 Å². The summed E-state index contributed by atoms with van der Waals surface area (Å²) in [6.45, 7) is -0.156. The average Bonchev–Trinajstić information content (AvgIpc) is 3.12. The van der Waals surface area contributed by atoms with Crippen molar-refractivity contribution in [2.24, 2.45) is 0 Å². The number of amides is 3. The molecule has 0 atom stereocenters. The summed E-state index contributed by atoms with van der Waals surface area (Å²) in [4.78, 5) is 38.4. The zero-order valence-electron chi connectivity index (χ0n) is 18.7. The summed E-state index contributed by atoms with van der Waals surface area (Å²) < 4.78 is 25.0. The molecule has 0 aliphatic carbocycles. The fourth-order valence-electron chi connectivity index (χ4n) is 3.31. The number of carbonyl (C=O) groups is 3. The van der Waals surface area contributed by atoms with Crippen molar-refractivity contribution in [2.75, 3.05) is 19.0 Å². The van der Waals surface area contributed by atoms with Gasteiger partial charge in [-0.2, -0.15) is 0 Å². The van der Waals surface area contributed by atoms with Gasteiger partial charge in [-0.25, -0.2) is 4.39 Å². The van der Waals surface area contributed by atoms with Crippen LogP contribution in [0, 0.1) is 5.82 Å². The molecule has 0 bridgehead atoms. The normalized spacial score (nSPS) is 14.3. The van der Waals surface area contributed by atoms with Gasteiger partial charge in [-0.05, 0) is 53.2 Å². The molecule has 178 valence electrons. The van der Waals surface area contributed by atoms with E-state index in [9.17, 15) is 18.8 Å². The molecule has 0 aromatic heterocycles. The van der Waals surface area contributed by atoms with E-state index in [0.717, 1.165) is 22.2 Å². The highest BCUT2D eigenvalue weighted by Crippen LogP contribution is 2.34. The molecule has 9 heteroatoms. The van der Waals surface area contributed by atoms with Crippen LogP contribution >= 0.6 is 11.8 Å².